The highest BCUT2D eigenvalue weighted by molar-refractivity contribution is 5.96. The van der Waals surface area contributed by atoms with Gasteiger partial charge in [0.25, 0.3) is 5.91 Å². The lowest BCUT2D eigenvalue weighted by Crippen LogP contribution is -2.34. The Labute approximate surface area is 152 Å². The Bertz CT molecular complexity index is 912. The number of ether oxygens (including phenoxy) is 1. The first-order valence-corrected chi connectivity index (χ1v) is 8.80. The lowest BCUT2D eigenvalue weighted by molar-refractivity contribution is 0.0916. The number of carbonyl (C=O) groups excluding carboxylic acids is 1. The van der Waals surface area contributed by atoms with E-state index in [1.165, 1.54) is 11.1 Å². The van der Waals surface area contributed by atoms with Crippen molar-refractivity contribution >= 4 is 16.9 Å². The van der Waals surface area contributed by atoms with Gasteiger partial charge in [0.15, 0.2) is 5.76 Å². The molecule has 2 aromatic carbocycles. The van der Waals surface area contributed by atoms with Gasteiger partial charge in [-0.25, -0.2) is 0 Å². The molecule has 1 aliphatic rings. The summed E-state index contributed by atoms with van der Waals surface area (Å²) in [5.74, 6) is 1.11. The fourth-order valence-electron chi connectivity index (χ4n) is 3.38. The van der Waals surface area contributed by atoms with E-state index in [0.29, 0.717) is 12.3 Å². The molecule has 0 fully saturated rings. The van der Waals surface area contributed by atoms with Gasteiger partial charge in [-0.1, -0.05) is 30.3 Å². The number of hydrogen-bond acceptors (Lipinski definition) is 4. The van der Waals surface area contributed by atoms with E-state index < -0.39 is 0 Å². The van der Waals surface area contributed by atoms with Crippen molar-refractivity contribution in [3.05, 3.63) is 65.4 Å². The Morgan fingerprint density at radius 3 is 2.85 bits per heavy atom. The molecule has 0 saturated heterocycles. The van der Waals surface area contributed by atoms with Crippen LogP contribution in [0.4, 0.5) is 0 Å². The molecule has 0 radical (unpaired) electrons. The highest BCUT2D eigenvalue weighted by Gasteiger charge is 2.20. The Morgan fingerprint density at radius 2 is 2.04 bits per heavy atom. The lowest BCUT2D eigenvalue weighted by Gasteiger charge is -2.25. The standard InChI is InChI=1S/C21H22N2O3/c1-23(2)17(14-7-8-18-16(11-14)9-10-25-18)13-22-21(24)20-12-15-5-3-4-6-19(15)26-20/h3-8,11-12,17H,9-10,13H2,1-2H3,(H,22,24). The van der Waals surface area contributed by atoms with E-state index in [1.54, 1.807) is 6.07 Å². The average Bonchev–Trinajstić information content (AvgIpc) is 3.27. The number of rotatable bonds is 5. The molecule has 1 unspecified atom stereocenters. The van der Waals surface area contributed by atoms with E-state index in [-0.39, 0.29) is 11.9 Å². The Kier molecular flexibility index (Phi) is 4.39. The molecule has 1 N–H and O–H groups in total. The largest absolute Gasteiger partial charge is 0.493 e. The molecule has 3 aromatic rings. The second-order valence-electron chi connectivity index (χ2n) is 6.80. The molecular formula is C21H22N2O3. The first-order chi connectivity index (χ1) is 12.6. The third-order valence-corrected chi connectivity index (χ3v) is 4.83. The number of nitrogens with zero attached hydrogens (tertiary/aromatic N) is 1. The first kappa shape index (κ1) is 16.7. The number of benzene rings is 2. The van der Waals surface area contributed by atoms with Crippen LogP contribution in [0.25, 0.3) is 11.0 Å². The molecule has 5 nitrogen and oxygen atoms in total. The van der Waals surface area contributed by atoms with Crippen LogP contribution in [0.3, 0.4) is 0 Å². The molecule has 0 bridgehead atoms. The van der Waals surface area contributed by atoms with Crippen LogP contribution < -0.4 is 10.1 Å². The van der Waals surface area contributed by atoms with Crippen molar-refractivity contribution < 1.29 is 13.9 Å². The maximum absolute atomic E-state index is 12.5. The molecule has 2 heterocycles. The molecule has 134 valence electrons. The maximum Gasteiger partial charge on any atom is 0.287 e. The van der Waals surface area contributed by atoms with Gasteiger partial charge in [-0.3, -0.25) is 4.79 Å². The monoisotopic (exact) mass is 350 g/mol. The van der Waals surface area contributed by atoms with E-state index in [0.717, 1.165) is 29.7 Å². The van der Waals surface area contributed by atoms with Gasteiger partial charge in [0.1, 0.15) is 11.3 Å². The number of carbonyl (C=O) groups is 1. The average molecular weight is 350 g/mol. The zero-order valence-electron chi connectivity index (χ0n) is 15.0. The summed E-state index contributed by atoms with van der Waals surface area (Å²) in [6.45, 7) is 1.25. The molecule has 0 aliphatic carbocycles. The van der Waals surface area contributed by atoms with E-state index in [9.17, 15) is 4.79 Å². The van der Waals surface area contributed by atoms with Crippen molar-refractivity contribution in [1.29, 1.82) is 0 Å². The number of hydrogen-bond donors (Lipinski definition) is 1. The Morgan fingerprint density at radius 1 is 1.19 bits per heavy atom. The molecule has 1 aliphatic heterocycles. The molecule has 26 heavy (non-hydrogen) atoms. The van der Waals surface area contributed by atoms with E-state index in [2.05, 4.69) is 22.3 Å². The minimum Gasteiger partial charge on any atom is -0.493 e. The summed E-state index contributed by atoms with van der Waals surface area (Å²) in [4.78, 5) is 14.6. The third kappa shape index (κ3) is 3.18. The second kappa shape index (κ2) is 6.84. The molecule has 0 spiro atoms. The summed E-state index contributed by atoms with van der Waals surface area (Å²) in [6.07, 6.45) is 0.939. The van der Waals surface area contributed by atoms with Crippen LogP contribution in [0.2, 0.25) is 0 Å². The van der Waals surface area contributed by atoms with Crippen molar-refractivity contribution in [2.45, 2.75) is 12.5 Å². The quantitative estimate of drug-likeness (QED) is 0.766. The number of furan rings is 1. The predicted molar refractivity (Wildman–Crippen MR) is 101 cm³/mol. The minimum absolute atomic E-state index is 0.0780. The number of fused-ring (bicyclic) bond motifs is 2. The van der Waals surface area contributed by atoms with Gasteiger partial charge in [-0.2, -0.15) is 0 Å². The highest BCUT2D eigenvalue weighted by atomic mass is 16.5. The minimum atomic E-state index is -0.197. The first-order valence-electron chi connectivity index (χ1n) is 8.80. The van der Waals surface area contributed by atoms with Crippen molar-refractivity contribution in [1.82, 2.24) is 10.2 Å². The lowest BCUT2D eigenvalue weighted by atomic mass is 10.0. The van der Waals surface area contributed by atoms with Crippen molar-refractivity contribution in [3.8, 4) is 5.75 Å². The number of amides is 1. The smallest absolute Gasteiger partial charge is 0.287 e. The summed E-state index contributed by atoms with van der Waals surface area (Å²) < 4.78 is 11.2. The van der Waals surface area contributed by atoms with Gasteiger partial charge < -0.3 is 19.4 Å². The summed E-state index contributed by atoms with van der Waals surface area (Å²) in [6, 6.07) is 15.8. The van der Waals surface area contributed by atoms with E-state index in [4.69, 9.17) is 9.15 Å². The summed E-state index contributed by atoms with van der Waals surface area (Å²) in [7, 11) is 4.03. The predicted octanol–water partition coefficient (Wildman–Crippen LogP) is 3.40. The Balaban J connectivity index is 1.49. The second-order valence-corrected chi connectivity index (χ2v) is 6.80. The molecular weight excluding hydrogens is 328 g/mol. The zero-order valence-corrected chi connectivity index (χ0v) is 15.0. The summed E-state index contributed by atoms with van der Waals surface area (Å²) in [5.41, 5.74) is 3.13. The number of likely N-dealkylation sites (N-methyl/N-ethyl adjacent to an activating group) is 1. The number of nitrogens with one attached hydrogen (secondary N) is 1. The van der Waals surface area contributed by atoms with Crippen LogP contribution in [0.15, 0.2) is 52.9 Å². The number of para-hydroxylation sites is 1. The third-order valence-electron chi connectivity index (χ3n) is 4.83. The summed E-state index contributed by atoms with van der Waals surface area (Å²) >= 11 is 0. The van der Waals surface area contributed by atoms with Gasteiger partial charge in [-0.05, 0) is 43.4 Å². The highest BCUT2D eigenvalue weighted by Crippen LogP contribution is 2.29. The zero-order chi connectivity index (χ0) is 18.1. The molecule has 0 saturated carbocycles. The van der Waals surface area contributed by atoms with E-state index in [1.807, 2.05) is 44.4 Å². The molecule has 1 aromatic heterocycles. The molecule has 1 atom stereocenters. The topological polar surface area (TPSA) is 54.7 Å². The van der Waals surface area contributed by atoms with Crippen LogP contribution >= 0.6 is 0 Å². The van der Waals surface area contributed by atoms with Gasteiger partial charge in [-0.15, -0.1) is 0 Å². The van der Waals surface area contributed by atoms with Crippen molar-refractivity contribution in [2.24, 2.45) is 0 Å². The van der Waals surface area contributed by atoms with E-state index >= 15 is 0 Å². The van der Waals surface area contributed by atoms with Crippen molar-refractivity contribution in [2.75, 3.05) is 27.2 Å². The van der Waals surface area contributed by atoms with Crippen LogP contribution in [0.5, 0.6) is 5.75 Å². The van der Waals surface area contributed by atoms with Crippen LogP contribution in [-0.4, -0.2) is 38.1 Å². The van der Waals surface area contributed by atoms with Gasteiger partial charge in [0.2, 0.25) is 0 Å². The van der Waals surface area contributed by atoms with Crippen LogP contribution in [-0.2, 0) is 6.42 Å². The van der Waals surface area contributed by atoms with Crippen molar-refractivity contribution in [3.63, 3.8) is 0 Å². The maximum atomic E-state index is 12.5. The fourth-order valence-corrected chi connectivity index (χ4v) is 3.38. The Hall–Kier alpha value is -2.79. The fraction of sp³-hybridized carbons (Fsp3) is 0.286. The van der Waals surface area contributed by atoms with Crippen LogP contribution in [0, 0.1) is 0 Å². The SMILES string of the molecule is CN(C)C(CNC(=O)c1cc2ccccc2o1)c1ccc2c(c1)CCO2. The molecule has 1 amide bonds. The van der Waals surface area contributed by atoms with Gasteiger partial charge >= 0.3 is 0 Å². The van der Waals surface area contributed by atoms with Gasteiger partial charge in [0.05, 0.1) is 12.6 Å². The summed E-state index contributed by atoms with van der Waals surface area (Å²) in [5, 5.41) is 3.93. The van der Waals surface area contributed by atoms with Gasteiger partial charge in [0, 0.05) is 18.4 Å². The molecule has 5 heteroatoms. The normalized spacial score (nSPS) is 14.3. The molecule has 4 rings (SSSR count). The van der Waals surface area contributed by atoms with Crippen LogP contribution in [0.1, 0.15) is 27.7 Å².